The number of hydrogen-bond donors (Lipinski definition) is 0. The van der Waals surface area contributed by atoms with Crippen molar-refractivity contribution in [2.75, 3.05) is 33.4 Å². The molecule has 0 bridgehead atoms. The number of likely N-dealkylation sites (N-methyl/N-ethyl adjacent to an activating group) is 1. The number of nitrogens with zero attached hydrogens (tertiary/aromatic N) is 2. The van der Waals surface area contributed by atoms with Crippen LogP contribution in [0.3, 0.4) is 0 Å². The highest BCUT2D eigenvalue weighted by molar-refractivity contribution is 5.97. The summed E-state index contributed by atoms with van der Waals surface area (Å²) in [6.45, 7) is 18.6. The molecule has 4 heteroatoms. The van der Waals surface area contributed by atoms with Crippen molar-refractivity contribution in [3.63, 3.8) is 0 Å². The van der Waals surface area contributed by atoms with Crippen molar-refractivity contribution in [2.24, 2.45) is 0 Å². The Morgan fingerprint density at radius 3 is 2.13 bits per heavy atom. The van der Waals surface area contributed by atoms with E-state index >= 15 is 0 Å². The highest BCUT2D eigenvalue weighted by Gasteiger charge is 2.28. The molecule has 0 aliphatic carbocycles. The fourth-order valence-electron chi connectivity index (χ4n) is 4.73. The molecule has 0 aromatic heterocycles. The van der Waals surface area contributed by atoms with Gasteiger partial charge in [0.1, 0.15) is 0 Å². The fraction of sp³-hybridized carbons (Fsp3) is 0.629. The molecule has 0 radical (unpaired) electrons. The zero-order valence-electron chi connectivity index (χ0n) is 26.1. The van der Waals surface area contributed by atoms with Crippen LogP contribution in [-0.2, 0) is 16.0 Å². The maximum absolute atomic E-state index is 13.1. The minimum Gasteiger partial charge on any atom is -0.381 e. The van der Waals surface area contributed by atoms with Crippen LogP contribution in [0.1, 0.15) is 104 Å². The second-order valence-corrected chi connectivity index (χ2v) is 11.1. The van der Waals surface area contributed by atoms with Gasteiger partial charge in [-0.25, -0.2) is 0 Å². The Labute approximate surface area is 241 Å². The predicted molar refractivity (Wildman–Crippen MR) is 169 cm³/mol. The van der Waals surface area contributed by atoms with E-state index in [1.54, 1.807) is 0 Å². The fourth-order valence-corrected chi connectivity index (χ4v) is 4.73. The average molecular weight is 539 g/mol. The number of unbranched alkanes of at least 4 members (excludes halogenated alkanes) is 3. The standard InChI is InChI=1S/C24H34N2O.C6H14.C5H10O/c1-6-23-13-10-15-26(23)24(27)22(17-19(2)3)18-20(4)25(5)16-14-21-11-8-7-9-12-21;1-3-5-6-4-2;1-2-4-6-5-3-1/h7-9,11-12,17-18,23H,4,6,10,13-16H2,1-3,5H3;3-6H2,1-2H3;1-5H2/b22-18+;;/t23-;;/m1../s1. The van der Waals surface area contributed by atoms with Crippen molar-refractivity contribution in [1.82, 2.24) is 9.80 Å². The molecule has 3 rings (SSSR count). The molecule has 2 heterocycles. The third-order valence-electron chi connectivity index (χ3n) is 7.23. The van der Waals surface area contributed by atoms with Crippen LogP contribution in [0.4, 0.5) is 0 Å². The SMILES string of the molecule is C1CCOCC1.C=C(/C=C(\C=C(C)C)C(=O)N1CCC[C@H]1CC)N(C)CCc1ccccc1.CCCCCC. The molecule has 1 aromatic carbocycles. The molecule has 0 spiro atoms. The van der Waals surface area contributed by atoms with Gasteiger partial charge in [-0.3, -0.25) is 4.79 Å². The number of amides is 1. The van der Waals surface area contributed by atoms with E-state index in [0.29, 0.717) is 6.04 Å². The van der Waals surface area contributed by atoms with Crippen molar-refractivity contribution in [2.45, 2.75) is 111 Å². The van der Waals surface area contributed by atoms with Gasteiger partial charge >= 0.3 is 0 Å². The summed E-state index contributed by atoms with van der Waals surface area (Å²) in [4.78, 5) is 17.3. The lowest BCUT2D eigenvalue weighted by Gasteiger charge is -2.25. The van der Waals surface area contributed by atoms with E-state index in [1.807, 2.05) is 44.0 Å². The summed E-state index contributed by atoms with van der Waals surface area (Å²) in [5, 5.41) is 0. The molecular weight excluding hydrogens is 480 g/mol. The van der Waals surface area contributed by atoms with Gasteiger partial charge in [0.15, 0.2) is 0 Å². The Balaban J connectivity index is 0.000000520. The number of rotatable bonds is 11. The topological polar surface area (TPSA) is 32.8 Å². The number of likely N-dealkylation sites (tertiary alicyclic amines) is 1. The summed E-state index contributed by atoms with van der Waals surface area (Å²) in [5.41, 5.74) is 4.05. The molecule has 2 saturated heterocycles. The molecule has 0 unspecified atom stereocenters. The first kappa shape index (κ1) is 34.7. The number of allylic oxidation sites excluding steroid dienone is 2. The molecule has 0 saturated carbocycles. The summed E-state index contributed by atoms with van der Waals surface area (Å²) in [7, 11) is 2.04. The normalized spacial score (nSPS) is 16.8. The van der Waals surface area contributed by atoms with Gasteiger partial charge in [-0.05, 0) is 70.4 Å². The van der Waals surface area contributed by atoms with Gasteiger partial charge in [-0.1, -0.05) is 95.0 Å². The molecule has 2 fully saturated rings. The molecule has 4 nitrogen and oxygen atoms in total. The zero-order valence-corrected chi connectivity index (χ0v) is 26.1. The first-order chi connectivity index (χ1) is 18.8. The first-order valence-electron chi connectivity index (χ1n) is 15.5. The van der Waals surface area contributed by atoms with E-state index in [0.717, 1.165) is 68.8 Å². The molecule has 2 aliphatic heterocycles. The largest absolute Gasteiger partial charge is 0.381 e. The van der Waals surface area contributed by atoms with Crippen LogP contribution in [0, 0.1) is 0 Å². The number of hydrogen-bond acceptors (Lipinski definition) is 3. The summed E-state index contributed by atoms with van der Waals surface area (Å²) in [5.74, 6) is 0.137. The van der Waals surface area contributed by atoms with Gasteiger partial charge in [0, 0.05) is 50.7 Å². The van der Waals surface area contributed by atoms with Crippen LogP contribution < -0.4 is 0 Å². The lowest BCUT2D eigenvalue weighted by Crippen LogP contribution is -2.36. The van der Waals surface area contributed by atoms with Crippen LogP contribution in [0.5, 0.6) is 0 Å². The molecule has 0 N–H and O–H groups in total. The Hall–Kier alpha value is -2.33. The van der Waals surface area contributed by atoms with E-state index in [9.17, 15) is 4.79 Å². The highest BCUT2D eigenvalue weighted by atomic mass is 16.5. The van der Waals surface area contributed by atoms with E-state index in [-0.39, 0.29) is 5.91 Å². The predicted octanol–water partition coefficient (Wildman–Crippen LogP) is 8.74. The number of carbonyl (C=O) groups is 1. The third-order valence-corrected chi connectivity index (χ3v) is 7.23. The molecule has 220 valence electrons. The lowest BCUT2D eigenvalue weighted by atomic mass is 10.1. The lowest BCUT2D eigenvalue weighted by molar-refractivity contribution is -0.127. The smallest absolute Gasteiger partial charge is 0.254 e. The molecule has 1 aromatic rings. The van der Waals surface area contributed by atoms with Gasteiger partial charge in [0.2, 0.25) is 0 Å². The van der Waals surface area contributed by atoms with Crippen LogP contribution in [0.15, 0.2) is 65.9 Å². The Morgan fingerprint density at radius 2 is 1.64 bits per heavy atom. The summed E-state index contributed by atoms with van der Waals surface area (Å²) in [6, 6.07) is 10.8. The number of benzene rings is 1. The monoisotopic (exact) mass is 538 g/mol. The van der Waals surface area contributed by atoms with Crippen LogP contribution in [0.25, 0.3) is 0 Å². The van der Waals surface area contributed by atoms with Crippen molar-refractivity contribution in [3.05, 3.63) is 71.5 Å². The average Bonchev–Trinajstić information content (AvgIpc) is 3.45. The minimum absolute atomic E-state index is 0.137. The number of carbonyl (C=O) groups excluding carboxylic acids is 1. The van der Waals surface area contributed by atoms with E-state index in [2.05, 4.69) is 56.5 Å². The summed E-state index contributed by atoms with van der Waals surface area (Å²) < 4.78 is 5.07. The second kappa shape index (κ2) is 21.5. The van der Waals surface area contributed by atoms with Gasteiger partial charge in [0.25, 0.3) is 5.91 Å². The molecule has 2 aliphatic rings. The van der Waals surface area contributed by atoms with Gasteiger partial charge < -0.3 is 14.5 Å². The van der Waals surface area contributed by atoms with Gasteiger partial charge in [-0.15, -0.1) is 0 Å². The molecule has 39 heavy (non-hydrogen) atoms. The van der Waals surface area contributed by atoms with Gasteiger partial charge in [-0.2, -0.15) is 0 Å². The molecule has 1 atom stereocenters. The summed E-state index contributed by atoms with van der Waals surface area (Å²) in [6.07, 6.45) is 17.6. The minimum atomic E-state index is 0.137. The third kappa shape index (κ3) is 15.1. The Bertz CT molecular complexity index is 835. The van der Waals surface area contributed by atoms with Crippen molar-refractivity contribution < 1.29 is 9.53 Å². The molecule has 1 amide bonds. The van der Waals surface area contributed by atoms with Crippen molar-refractivity contribution in [3.8, 4) is 0 Å². The van der Waals surface area contributed by atoms with E-state index in [1.165, 1.54) is 50.5 Å². The van der Waals surface area contributed by atoms with Crippen LogP contribution in [0.2, 0.25) is 0 Å². The van der Waals surface area contributed by atoms with Crippen molar-refractivity contribution >= 4 is 5.91 Å². The number of ether oxygens (including phenoxy) is 1. The zero-order chi connectivity index (χ0) is 28.9. The molecular formula is C35H58N2O2. The van der Waals surface area contributed by atoms with Crippen LogP contribution in [-0.4, -0.2) is 55.1 Å². The van der Waals surface area contributed by atoms with Gasteiger partial charge in [0.05, 0.1) is 0 Å². The van der Waals surface area contributed by atoms with E-state index < -0.39 is 0 Å². The second-order valence-electron chi connectivity index (χ2n) is 11.1. The maximum Gasteiger partial charge on any atom is 0.254 e. The Morgan fingerprint density at radius 1 is 1.00 bits per heavy atom. The summed E-state index contributed by atoms with van der Waals surface area (Å²) >= 11 is 0. The van der Waals surface area contributed by atoms with Crippen LogP contribution >= 0.6 is 0 Å². The highest BCUT2D eigenvalue weighted by Crippen LogP contribution is 2.23. The quantitative estimate of drug-likeness (QED) is 0.160. The van der Waals surface area contributed by atoms with E-state index in [4.69, 9.17) is 4.74 Å². The maximum atomic E-state index is 13.1. The van der Waals surface area contributed by atoms with Crippen molar-refractivity contribution in [1.29, 1.82) is 0 Å². The first-order valence-corrected chi connectivity index (χ1v) is 15.5. The Kier molecular flexibility index (Phi) is 19.1.